The number of morpholine rings is 1. The van der Waals surface area contributed by atoms with Crippen LogP contribution in [-0.4, -0.2) is 61.0 Å². The molecule has 0 N–H and O–H groups in total. The van der Waals surface area contributed by atoms with Gasteiger partial charge in [-0.1, -0.05) is 6.07 Å². The molecule has 0 aromatic carbocycles. The minimum absolute atomic E-state index is 0.195. The predicted molar refractivity (Wildman–Crippen MR) is 83.5 cm³/mol. The van der Waals surface area contributed by atoms with Crippen molar-refractivity contribution in [3.05, 3.63) is 22.4 Å². The molecular weight excluding hydrogens is 292 g/mol. The van der Waals surface area contributed by atoms with Crippen LogP contribution in [0.15, 0.2) is 17.5 Å². The van der Waals surface area contributed by atoms with Gasteiger partial charge in [-0.15, -0.1) is 11.3 Å². The Morgan fingerprint density at radius 2 is 2.00 bits per heavy atom. The minimum Gasteiger partial charge on any atom is -0.378 e. The van der Waals surface area contributed by atoms with Crippen molar-refractivity contribution in [2.24, 2.45) is 0 Å². The van der Waals surface area contributed by atoms with Crippen LogP contribution in [-0.2, 0) is 4.74 Å². The molecule has 2 saturated heterocycles. The van der Waals surface area contributed by atoms with Crippen LogP contribution >= 0.6 is 23.1 Å². The fourth-order valence-electron chi connectivity index (χ4n) is 2.62. The molecule has 0 aliphatic carbocycles. The van der Waals surface area contributed by atoms with Crippen LogP contribution in [0.25, 0.3) is 0 Å². The molecule has 0 unspecified atom stereocenters. The van der Waals surface area contributed by atoms with Crippen LogP contribution < -0.4 is 0 Å². The highest BCUT2D eigenvalue weighted by Gasteiger charge is 2.26. The van der Waals surface area contributed by atoms with E-state index in [0.717, 1.165) is 38.4 Å². The zero-order chi connectivity index (χ0) is 13.8. The summed E-state index contributed by atoms with van der Waals surface area (Å²) in [5.41, 5.74) is 0. The van der Waals surface area contributed by atoms with E-state index in [0.29, 0.717) is 18.5 Å². The molecule has 2 fully saturated rings. The maximum Gasteiger partial charge on any atom is 0.320 e. The fraction of sp³-hybridized carbons (Fsp3) is 0.643. The van der Waals surface area contributed by atoms with Gasteiger partial charge in [-0.3, -0.25) is 0 Å². The third-order valence-electron chi connectivity index (χ3n) is 3.75. The lowest BCUT2D eigenvalue weighted by atomic mass is 10.2. The van der Waals surface area contributed by atoms with Gasteiger partial charge in [-0.05, 0) is 17.9 Å². The van der Waals surface area contributed by atoms with E-state index in [1.165, 1.54) is 4.88 Å². The Morgan fingerprint density at radius 3 is 2.75 bits per heavy atom. The lowest BCUT2D eigenvalue weighted by molar-refractivity contribution is 0.0438. The first-order chi connectivity index (χ1) is 9.84. The van der Waals surface area contributed by atoms with Crippen molar-refractivity contribution in [1.82, 2.24) is 9.80 Å². The van der Waals surface area contributed by atoms with Crippen LogP contribution in [0.4, 0.5) is 4.79 Å². The lowest BCUT2D eigenvalue weighted by Crippen LogP contribution is -2.48. The number of carbonyl (C=O) groups is 1. The largest absolute Gasteiger partial charge is 0.378 e. The van der Waals surface area contributed by atoms with Gasteiger partial charge in [0, 0.05) is 42.1 Å². The van der Waals surface area contributed by atoms with Crippen LogP contribution in [0.2, 0.25) is 0 Å². The molecule has 2 amide bonds. The van der Waals surface area contributed by atoms with Crippen molar-refractivity contribution in [1.29, 1.82) is 0 Å². The summed E-state index contributed by atoms with van der Waals surface area (Å²) in [4.78, 5) is 17.9. The second-order valence-corrected chi connectivity index (χ2v) is 7.32. The summed E-state index contributed by atoms with van der Waals surface area (Å²) in [7, 11) is 0. The van der Waals surface area contributed by atoms with Crippen molar-refractivity contribution in [2.45, 2.75) is 11.7 Å². The Hall–Kier alpha value is -0.720. The molecule has 1 atom stereocenters. The maximum atomic E-state index is 12.5. The number of rotatable bonds is 1. The van der Waals surface area contributed by atoms with Gasteiger partial charge in [0.2, 0.25) is 0 Å². The van der Waals surface area contributed by atoms with Crippen molar-refractivity contribution in [3.8, 4) is 0 Å². The third kappa shape index (κ3) is 3.30. The van der Waals surface area contributed by atoms with Crippen molar-refractivity contribution in [2.75, 3.05) is 45.1 Å². The topological polar surface area (TPSA) is 32.8 Å². The molecule has 1 aromatic heterocycles. The molecule has 20 heavy (non-hydrogen) atoms. The summed E-state index contributed by atoms with van der Waals surface area (Å²) in [6.07, 6.45) is 1.06. The number of urea groups is 1. The van der Waals surface area contributed by atoms with E-state index in [1.807, 2.05) is 32.9 Å². The Balaban J connectivity index is 1.57. The normalized spacial score (nSPS) is 24.5. The van der Waals surface area contributed by atoms with E-state index in [-0.39, 0.29) is 6.03 Å². The Kier molecular flexibility index (Phi) is 4.86. The summed E-state index contributed by atoms with van der Waals surface area (Å²) in [5, 5.41) is 2.69. The highest BCUT2D eigenvalue weighted by Crippen LogP contribution is 2.36. The molecule has 0 radical (unpaired) electrons. The fourth-order valence-corrected chi connectivity index (χ4v) is 4.86. The van der Waals surface area contributed by atoms with E-state index < -0.39 is 0 Å². The Bertz CT molecular complexity index is 432. The first-order valence-electron chi connectivity index (χ1n) is 7.11. The maximum absolute atomic E-state index is 12.5. The summed E-state index contributed by atoms with van der Waals surface area (Å²) in [6, 6.07) is 4.52. The first kappa shape index (κ1) is 14.2. The van der Waals surface area contributed by atoms with Crippen molar-refractivity contribution < 1.29 is 9.53 Å². The van der Waals surface area contributed by atoms with Crippen molar-refractivity contribution >= 4 is 29.1 Å². The van der Waals surface area contributed by atoms with E-state index in [4.69, 9.17) is 4.74 Å². The molecule has 0 saturated carbocycles. The molecule has 2 aliphatic rings. The number of amides is 2. The molecule has 0 bridgehead atoms. The molecule has 4 nitrogen and oxygen atoms in total. The van der Waals surface area contributed by atoms with Crippen LogP contribution in [0, 0.1) is 0 Å². The summed E-state index contributed by atoms with van der Waals surface area (Å²) in [6.45, 7) is 4.54. The van der Waals surface area contributed by atoms with Gasteiger partial charge in [0.1, 0.15) is 0 Å². The van der Waals surface area contributed by atoms with Gasteiger partial charge in [0.15, 0.2) is 0 Å². The number of nitrogens with zero attached hydrogens (tertiary/aromatic N) is 2. The molecule has 0 spiro atoms. The molecule has 6 heteroatoms. The zero-order valence-electron chi connectivity index (χ0n) is 11.5. The number of ether oxygens (including phenoxy) is 1. The standard InChI is InChI=1S/C14H20N2O2S2/c17-14(16-5-8-18-9-6-16)15-4-3-13(20-11-7-15)12-2-1-10-19-12/h1-2,10,13H,3-9,11H2/t13-/m1/s1. The summed E-state index contributed by atoms with van der Waals surface area (Å²) < 4.78 is 5.31. The number of hydrogen-bond donors (Lipinski definition) is 0. The van der Waals surface area contributed by atoms with E-state index >= 15 is 0 Å². The predicted octanol–water partition coefficient (Wildman–Crippen LogP) is 2.68. The number of thiophene rings is 1. The highest BCUT2D eigenvalue weighted by atomic mass is 32.2. The molecule has 2 aliphatic heterocycles. The van der Waals surface area contributed by atoms with Gasteiger partial charge >= 0.3 is 6.03 Å². The SMILES string of the molecule is O=C(N1CCOCC1)N1CCS[C@@H](c2cccs2)CC1. The average molecular weight is 312 g/mol. The molecule has 3 rings (SSSR count). The van der Waals surface area contributed by atoms with E-state index in [1.54, 1.807) is 0 Å². The number of carbonyl (C=O) groups excluding carboxylic acids is 1. The second-order valence-electron chi connectivity index (χ2n) is 5.03. The minimum atomic E-state index is 0.195. The first-order valence-corrected chi connectivity index (χ1v) is 9.04. The van der Waals surface area contributed by atoms with E-state index in [2.05, 4.69) is 17.5 Å². The number of thioether (sulfide) groups is 1. The highest BCUT2D eigenvalue weighted by molar-refractivity contribution is 7.99. The molecule has 110 valence electrons. The van der Waals surface area contributed by atoms with Crippen LogP contribution in [0.3, 0.4) is 0 Å². The van der Waals surface area contributed by atoms with E-state index in [9.17, 15) is 4.79 Å². The summed E-state index contributed by atoms with van der Waals surface area (Å²) >= 11 is 3.81. The lowest BCUT2D eigenvalue weighted by Gasteiger charge is -2.32. The molecular formula is C14H20N2O2S2. The Labute approximate surface area is 128 Å². The smallest absolute Gasteiger partial charge is 0.320 e. The van der Waals surface area contributed by atoms with Gasteiger partial charge in [-0.25, -0.2) is 4.79 Å². The molecule has 1 aromatic rings. The van der Waals surface area contributed by atoms with Crippen LogP contribution in [0.5, 0.6) is 0 Å². The summed E-state index contributed by atoms with van der Waals surface area (Å²) in [5.74, 6) is 1.03. The average Bonchev–Trinajstić information content (AvgIpc) is 2.92. The monoisotopic (exact) mass is 312 g/mol. The molecule has 3 heterocycles. The third-order valence-corrected chi connectivity index (χ3v) is 6.20. The van der Waals surface area contributed by atoms with Crippen LogP contribution in [0.1, 0.15) is 16.5 Å². The quantitative estimate of drug-likeness (QED) is 0.799. The zero-order valence-corrected chi connectivity index (χ0v) is 13.1. The van der Waals surface area contributed by atoms with Crippen molar-refractivity contribution in [3.63, 3.8) is 0 Å². The van der Waals surface area contributed by atoms with Gasteiger partial charge < -0.3 is 14.5 Å². The number of hydrogen-bond acceptors (Lipinski definition) is 4. The second kappa shape index (κ2) is 6.83. The Morgan fingerprint density at radius 1 is 1.20 bits per heavy atom. The van der Waals surface area contributed by atoms with Gasteiger partial charge in [0.05, 0.1) is 13.2 Å². The van der Waals surface area contributed by atoms with Gasteiger partial charge in [0.25, 0.3) is 0 Å². The van der Waals surface area contributed by atoms with Gasteiger partial charge in [-0.2, -0.15) is 11.8 Å².